The highest BCUT2D eigenvalue weighted by Gasteiger charge is 2.25. The predicted octanol–water partition coefficient (Wildman–Crippen LogP) is 5.49. The maximum Gasteiger partial charge on any atom is 0.275 e. The Morgan fingerprint density at radius 3 is 2.50 bits per heavy atom. The van der Waals surface area contributed by atoms with Crippen molar-refractivity contribution in [3.05, 3.63) is 69.9 Å². The first-order chi connectivity index (χ1) is 16.3. The van der Waals surface area contributed by atoms with E-state index in [9.17, 15) is 9.18 Å². The smallest absolute Gasteiger partial charge is 0.275 e. The summed E-state index contributed by atoms with van der Waals surface area (Å²) in [6.45, 7) is 3.45. The second-order valence-electron chi connectivity index (χ2n) is 8.64. The summed E-state index contributed by atoms with van der Waals surface area (Å²) in [6.07, 6.45) is 1.81. The summed E-state index contributed by atoms with van der Waals surface area (Å²) in [5.74, 6) is -0.566. The predicted molar refractivity (Wildman–Crippen MR) is 142 cm³/mol. The summed E-state index contributed by atoms with van der Waals surface area (Å²) in [7, 11) is 4.03. The number of rotatable bonds is 5. The van der Waals surface area contributed by atoms with Crippen LogP contribution in [0.4, 0.5) is 21.5 Å². The van der Waals surface area contributed by atoms with Gasteiger partial charge in [-0.25, -0.2) is 9.37 Å². The fourth-order valence-electron chi connectivity index (χ4n) is 3.86. The maximum atomic E-state index is 14.1. The molecule has 4 rings (SSSR count). The molecular formula is C25H28FN5OS2. The summed E-state index contributed by atoms with van der Waals surface area (Å²) in [6, 6.07) is 12.9. The topological polar surface area (TPSA) is 60.5 Å². The lowest BCUT2D eigenvalue weighted by molar-refractivity contribution is 0.102. The number of aryl methyl sites for hydroxylation is 1. The standard InChI is InChI=1S/C25H28FN5OS2/c1-16-4-9-21(20(26)14-16)28-23(32)22-15-34-24(29-22)17-10-12-31(13-11-17)25(33)27-18-5-7-19(8-6-18)30(2)3/h4-9,14-15,17H,10-13H2,1-3H3,(H,27,33)(H,28,32). The summed E-state index contributed by atoms with van der Waals surface area (Å²) in [5, 5.41) is 9.34. The van der Waals surface area contributed by atoms with Crippen molar-refractivity contribution in [2.45, 2.75) is 25.7 Å². The Morgan fingerprint density at radius 2 is 1.85 bits per heavy atom. The van der Waals surface area contributed by atoms with Crippen molar-refractivity contribution >= 4 is 51.6 Å². The number of hydrogen-bond acceptors (Lipinski definition) is 5. The lowest BCUT2D eigenvalue weighted by Crippen LogP contribution is -2.40. The van der Waals surface area contributed by atoms with Crippen molar-refractivity contribution in [3.8, 4) is 0 Å². The van der Waals surface area contributed by atoms with Gasteiger partial charge in [-0.05, 0) is 73.9 Å². The quantitative estimate of drug-likeness (QED) is 0.455. The van der Waals surface area contributed by atoms with Gasteiger partial charge in [-0.15, -0.1) is 11.3 Å². The van der Waals surface area contributed by atoms with Crippen LogP contribution in [0.25, 0.3) is 0 Å². The molecule has 3 aromatic rings. The minimum absolute atomic E-state index is 0.163. The van der Waals surface area contributed by atoms with E-state index in [-0.39, 0.29) is 11.6 Å². The number of piperidine rings is 1. The van der Waals surface area contributed by atoms with Crippen molar-refractivity contribution in [1.29, 1.82) is 0 Å². The van der Waals surface area contributed by atoms with Crippen LogP contribution in [-0.4, -0.2) is 48.1 Å². The fraction of sp³-hybridized carbons (Fsp3) is 0.320. The second kappa shape index (κ2) is 10.5. The normalized spacial score (nSPS) is 14.1. The zero-order chi connectivity index (χ0) is 24.2. The zero-order valence-electron chi connectivity index (χ0n) is 19.5. The molecule has 34 heavy (non-hydrogen) atoms. The summed E-state index contributed by atoms with van der Waals surface area (Å²) < 4.78 is 14.1. The van der Waals surface area contributed by atoms with Gasteiger partial charge in [-0.3, -0.25) is 4.79 Å². The second-order valence-corrected chi connectivity index (χ2v) is 9.92. The van der Waals surface area contributed by atoms with Gasteiger partial charge in [0, 0.05) is 49.9 Å². The minimum atomic E-state index is -0.450. The molecule has 0 aliphatic carbocycles. The number of thiocarbonyl (C=S) groups is 1. The number of likely N-dealkylation sites (tertiary alicyclic amines) is 1. The Hall–Kier alpha value is -3.04. The van der Waals surface area contributed by atoms with E-state index in [4.69, 9.17) is 12.2 Å². The highest BCUT2D eigenvalue weighted by molar-refractivity contribution is 7.80. The molecule has 6 nitrogen and oxygen atoms in total. The number of thiazole rings is 1. The number of aromatic nitrogens is 1. The van der Waals surface area contributed by atoms with Gasteiger partial charge in [0.2, 0.25) is 0 Å². The van der Waals surface area contributed by atoms with E-state index in [0.717, 1.165) is 53.0 Å². The van der Waals surface area contributed by atoms with Gasteiger partial charge in [0.15, 0.2) is 5.11 Å². The van der Waals surface area contributed by atoms with Crippen LogP contribution in [0.1, 0.15) is 39.8 Å². The summed E-state index contributed by atoms with van der Waals surface area (Å²) in [5.41, 5.74) is 3.39. The molecule has 0 spiro atoms. The van der Waals surface area contributed by atoms with Crippen LogP contribution in [-0.2, 0) is 0 Å². The average Bonchev–Trinajstić information content (AvgIpc) is 3.32. The van der Waals surface area contributed by atoms with Crippen LogP contribution in [0.3, 0.4) is 0 Å². The minimum Gasteiger partial charge on any atom is -0.378 e. The number of hydrogen-bond donors (Lipinski definition) is 2. The largest absolute Gasteiger partial charge is 0.378 e. The molecule has 2 aromatic carbocycles. The molecule has 1 aliphatic heterocycles. The number of nitrogens with zero attached hydrogens (tertiary/aromatic N) is 3. The third-order valence-corrected chi connectivity index (χ3v) is 7.26. The van der Waals surface area contributed by atoms with E-state index in [1.165, 1.54) is 17.4 Å². The molecule has 0 saturated carbocycles. The number of benzene rings is 2. The Balaban J connectivity index is 1.30. The zero-order valence-corrected chi connectivity index (χ0v) is 21.1. The molecule has 0 unspecified atom stereocenters. The molecule has 1 aromatic heterocycles. The van der Waals surface area contributed by atoms with Crippen LogP contribution >= 0.6 is 23.6 Å². The Labute approximate surface area is 208 Å². The molecule has 2 heterocycles. The molecule has 1 saturated heterocycles. The van der Waals surface area contributed by atoms with Crippen LogP contribution in [0.5, 0.6) is 0 Å². The molecule has 0 atom stereocenters. The van der Waals surface area contributed by atoms with Gasteiger partial charge >= 0.3 is 0 Å². The lowest BCUT2D eigenvalue weighted by Gasteiger charge is -2.33. The molecule has 178 valence electrons. The van der Waals surface area contributed by atoms with E-state index in [1.54, 1.807) is 24.4 Å². The van der Waals surface area contributed by atoms with Crippen molar-refractivity contribution in [2.24, 2.45) is 0 Å². The average molecular weight is 498 g/mol. The van der Waals surface area contributed by atoms with Crippen molar-refractivity contribution < 1.29 is 9.18 Å². The molecular weight excluding hydrogens is 469 g/mol. The van der Waals surface area contributed by atoms with Gasteiger partial charge < -0.3 is 20.4 Å². The molecule has 1 aliphatic rings. The number of nitrogens with one attached hydrogen (secondary N) is 2. The third kappa shape index (κ3) is 5.71. The molecule has 9 heteroatoms. The number of anilines is 3. The van der Waals surface area contributed by atoms with E-state index < -0.39 is 11.7 Å². The van der Waals surface area contributed by atoms with Gasteiger partial charge in [0.25, 0.3) is 5.91 Å². The molecule has 1 fully saturated rings. The van der Waals surface area contributed by atoms with Crippen LogP contribution in [0.15, 0.2) is 47.8 Å². The lowest BCUT2D eigenvalue weighted by atomic mass is 9.98. The first kappa shape index (κ1) is 24.1. The summed E-state index contributed by atoms with van der Waals surface area (Å²) in [4.78, 5) is 21.3. The Kier molecular flexibility index (Phi) is 7.43. The number of amides is 1. The van der Waals surface area contributed by atoms with Crippen molar-refractivity contribution in [2.75, 3.05) is 42.7 Å². The molecule has 1 amide bonds. The van der Waals surface area contributed by atoms with E-state index >= 15 is 0 Å². The highest BCUT2D eigenvalue weighted by Crippen LogP contribution is 2.31. The monoisotopic (exact) mass is 497 g/mol. The molecule has 2 N–H and O–H groups in total. The third-order valence-electron chi connectivity index (χ3n) is 5.89. The summed E-state index contributed by atoms with van der Waals surface area (Å²) >= 11 is 7.10. The van der Waals surface area contributed by atoms with Crippen molar-refractivity contribution in [3.63, 3.8) is 0 Å². The Bertz CT molecular complexity index is 1170. The van der Waals surface area contributed by atoms with E-state index in [1.807, 2.05) is 26.2 Å². The molecule has 0 bridgehead atoms. The first-order valence-electron chi connectivity index (χ1n) is 11.2. The highest BCUT2D eigenvalue weighted by atomic mass is 32.1. The molecule has 0 radical (unpaired) electrons. The van der Waals surface area contributed by atoms with E-state index in [2.05, 4.69) is 37.6 Å². The van der Waals surface area contributed by atoms with E-state index in [0.29, 0.717) is 5.69 Å². The van der Waals surface area contributed by atoms with Gasteiger partial charge in [0.05, 0.1) is 10.7 Å². The first-order valence-corrected chi connectivity index (χ1v) is 12.4. The maximum absolute atomic E-state index is 14.1. The fourth-order valence-corrected chi connectivity index (χ4v) is 5.13. The number of halogens is 1. The van der Waals surface area contributed by atoms with Crippen molar-refractivity contribution in [1.82, 2.24) is 9.88 Å². The number of carbonyl (C=O) groups is 1. The number of carbonyl (C=O) groups excluding carboxylic acids is 1. The van der Waals surface area contributed by atoms with Crippen LogP contribution in [0, 0.1) is 12.7 Å². The SMILES string of the molecule is Cc1ccc(NC(=O)c2csc(C3CCN(C(=S)Nc4ccc(N(C)C)cc4)CC3)n2)c(F)c1. The van der Waals surface area contributed by atoms with Gasteiger partial charge in [0.1, 0.15) is 11.5 Å². The van der Waals surface area contributed by atoms with Crippen LogP contribution in [0.2, 0.25) is 0 Å². The van der Waals surface area contributed by atoms with Crippen LogP contribution < -0.4 is 15.5 Å². The van der Waals surface area contributed by atoms with Gasteiger partial charge in [-0.2, -0.15) is 0 Å². The Morgan fingerprint density at radius 1 is 1.15 bits per heavy atom. The van der Waals surface area contributed by atoms with Gasteiger partial charge in [-0.1, -0.05) is 6.07 Å².